The maximum absolute atomic E-state index is 13.1. The highest BCUT2D eigenvalue weighted by Gasteiger charge is 2.24. The van der Waals surface area contributed by atoms with Crippen molar-refractivity contribution < 1.29 is 13.2 Å². The van der Waals surface area contributed by atoms with E-state index in [0.717, 1.165) is 63.2 Å². The standard InChI is InChI=1S/C33H41N7O3S/c1-2-37-44(42,43)31-10-7-28(8-11-31)25-39-17-19-40(20-18-39)33(41)32-12-9-29(23-36-32)22-35-30-13-15-38(16-14-30)24-27-5-3-26(21-34)4-6-27/h3-12,23,30,35,37H,2,13-20,22,24-25H2,1H3. The van der Waals surface area contributed by atoms with Gasteiger partial charge in [-0.3, -0.25) is 19.6 Å². The van der Waals surface area contributed by atoms with Crippen LogP contribution in [0.3, 0.4) is 0 Å². The van der Waals surface area contributed by atoms with E-state index in [0.29, 0.717) is 43.5 Å². The number of rotatable bonds is 11. The molecular formula is C33H41N7O3S. The summed E-state index contributed by atoms with van der Waals surface area (Å²) in [6, 6.07) is 21.3. The molecule has 3 aromatic rings. The van der Waals surface area contributed by atoms with Crippen molar-refractivity contribution in [2.75, 3.05) is 45.8 Å². The normalized spacial score (nSPS) is 17.0. The number of hydrogen-bond donors (Lipinski definition) is 2. The molecule has 2 saturated heterocycles. The third-order valence-corrected chi connectivity index (χ3v) is 9.91. The fourth-order valence-corrected chi connectivity index (χ4v) is 6.77. The largest absolute Gasteiger partial charge is 0.335 e. The lowest BCUT2D eigenvalue weighted by Gasteiger charge is -2.34. The van der Waals surface area contributed by atoms with Crippen molar-refractivity contribution in [1.29, 1.82) is 5.26 Å². The minimum absolute atomic E-state index is 0.0446. The van der Waals surface area contributed by atoms with Crippen molar-refractivity contribution in [1.82, 2.24) is 29.7 Å². The fourth-order valence-electron chi connectivity index (χ4n) is 5.73. The first kappa shape index (κ1) is 31.8. The molecule has 2 N–H and O–H groups in total. The molecule has 0 radical (unpaired) electrons. The molecule has 0 saturated carbocycles. The van der Waals surface area contributed by atoms with Crippen molar-refractivity contribution in [3.05, 3.63) is 94.8 Å². The van der Waals surface area contributed by atoms with Crippen LogP contribution in [0.25, 0.3) is 0 Å². The van der Waals surface area contributed by atoms with E-state index in [1.165, 1.54) is 5.56 Å². The third kappa shape index (κ3) is 8.49. The summed E-state index contributed by atoms with van der Waals surface area (Å²) >= 11 is 0. The SMILES string of the molecule is CCNS(=O)(=O)c1ccc(CN2CCN(C(=O)c3ccc(CNC4CCN(Cc5ccc(C#N)cc5)CC4)cn3)CC2)cc1. The quantitative estimate of drug-likeness (QED) is 0.338. The van der Waals surface area contributed by atoms with E-state index in [1.54, 1.807) is 25.3 Å². The lowest BCUT2D eigenvalue weighted by atomic mass is 10.0. The second-order valence-corrected chi connectivity index (χ2v) is 13.3. The number of nitrogens with zero attached hydrogens (tertiary/aromatic N) is 5. The predicted octanol–water partition coefficient (Wildman–Crippen LogP) is 2.96. The van der Waals surface area contributed by atoms with Gasteiger partial charge in [-0.25, -0.2) is 13.1 Å². The molecule has 2 aliphatic heterocycles. The summed E-state index contributed by atoms with van der Waals surface area (Å²) in [4.78, 5) is 24.5. The average molecular weight is 616 g/mol. The number of carbonyl (C=O) groups excluding carboxylic acids is 1. The molecule has 3 heterocycles. The van der Waals surface area contributed by atoms with Crippen LogP contribution >= 0.6 is 0 Å². The van der Waals surface area contributed by atoms with E-state index in [-0.39, 0.29) is 10.8 Å². The second-order valence-electron chi connectivity index (χ2n) is 11.5. The Bertz CT molecular complexity index is 1520. The molecule has 5 rings (SSSR count). The molecule has 0 aliphatic carbocycles. The monoisotopic (exact) mass is 615 g/mol. The Labute approximate surface area is 260 Å². The van der Waals surface area contributed by atoms with Crippen LogP contribution < -0.4 is 10.0 Å². The number of pyridine rings is 1. The number of benzene rings is 2. The van der Waals surface area contributed by atoms with Gasteiger partial charge in [-0.1, -0.05) is 37.3 Å². The van der Waals surface area contributed by atoms with Crippen LogP contribution in [0.15, 0.2) is 71.8 Å². The maximum atomic E-state index is 13.1. The summed E-state index contributed by atoms with van der Waals surface area (Å²) < 4.78 is 26.8. The van der Waals surface area contributed by atoms with Gasteiger partial charge in [0.05, 0.1) is 16.5 Å². The van der Waals surface area contributed by atoms with Crippen LogP contribution in [-0.2, 0) is 29.7 Å². The van der Waals surface area contributed by atoms with Gasteiger partial charge in [0.15, 0.2) is 0 Å². The molecule has 10 nitrogen and oxygen atoms in total. The van der Waals surface area contributed by atoms with Gasteiger partial charge < -0.3 is 10.2 Å². The Morgan fingerprint density at radius 3 is 2.02 bits per heavy atom. The number of hydrogen-bond acceptors (Lipinski definition) is 8. The molecule has 44 heavy (non-hydrogen) atoms. The lowest BCUT2D eigenvalue weighted by Crippen LogP contribution is -2.48. The highest BCUT2D eigenvalue weighted by atomic mass is 32.2. The molecule has 0 atom stereocenters. The van der Waals surface area contributed by atoms with Crippen molar-refractivity contribution in [2.45, 2.75) is 50.3 Å². The van der Waals surface area contributed by atoms with Gasteiger partial charge in [-0.05, 0) is 73.0 Å². The number of sulfonamides is 1. The van der Waals surface area contributed by atoms with Gasteiger partial charge in [-0.2, -0.15) is 5.26 Å². The van der Waals surface area contributed by atoms with E-state index in [1.807, 2.05) is 53.4 Å². The Hall–Kier alpha value is -3.66. The average Bonchev–Trinajstić information content (AvgIpc) is 3.05. The first-order valence-electron chi connectivity index (χ1n) is 15.3. The topological polar surface area (TPSA) is 122 Å². The number of likely N-dealkylation sites (tertiary alicyclic amines) is 1. The first-order chi connectivity index (χ1) is 21.3. The van der Waals surface area contributed by atoms with Crippen LogP contribution in [-0.4, -0.2) is 85.9 Å². The zero-order chi connectivity index (χ0) is 30.9. The highest BCUT2D eigenvalue weighted by Crippen LogP contribution is 2.17. The van der Waals surface area contributed by atoms with E-state index >= 15 is 0 Å². The smallest absolute Gasteiger partial charge is 0.272 e. The summed E-state index contributed by atoms with van der Waals surface area (Å²) in [5, 5.41) is 12.6. The maximum Gasteiger partial charge on any atom is 0.272 e. The molecule has 2 aliphatic rings. The summed E-state index contributed by atoms with van der Waals surface area (Å²) in [5.41, 5.74) is 4.51. The Morgan fingerprint density at radius 1 is 0.864 bits per heavy atom. The molecular weight excluding hydrogens is 574 g/mol. The number of carbonyl (C=O) groups is 1. The Morgan fingerprint density at radius 2 is 1.45 bits per heavy atom. The number of piperidine rings is 1. The zero-order valence-electron chi connectivity index (χ0n) is 25.3. The van der Waals surface area contributed by atoms with Crippen molar-refractivity contribution in [3.63, 3.8) is 0 Å². The van der Waals surface area contributed by atoms with E-state index in [9.17, 15) is 13.2 Å². The van der Waals surface area contributed by atoms with Gasteiger partial charge in [0.1, 0.15) is 5.69 Å². The number of piperazine rings is 1. The van der Waals surface area contributed by atoms with Crippen LogP contribution in [0.2, 0.25) is 0 Å². The van der Waals surface area contributed by atoms with Crippen LogP contribution in [0.1, 0.15) is 52.5 Å². The third-order valence-electron chi connectivity index (χ3n) is 8.35. The van der Waals surface area contributed by atoms with Gasteiger partial charge in [0, 0.05) is 64.6 Å². The molecule has 232 valence electrons. The van der Waals surface area contributed by atoms with Crippen LogP contribution in [0, 0.1) is 11.3 Å². The van der Waals surface area contributed by atoms with Gasteiger partial charge in [0.25, 0.3) is 5.91 Å². The molecule has 0 bridgehead atoms. The number of nitrogens with one attached hydrogen (secondary N) is 2. The molecule has 0 unspecified atom stereocenters. The van der Waals surface area contributed by atoms with Gasteiger partial charge in [0.2, 0.25) is 10.0 Å². The Kier molecular flexibility index (Phi) is 10.7. The molecule has 11 heteroatoms. The lowest BCUT2D eigenvalue weighted by molar-refractivity contribution is 0.0622. The number of nitriles is 1. The molecule has 2 fully saturated rings. The predicted molar refractivity (Wildman–Crippen MR) is 169 cm³/mol. The van der Waals surface area contributed by atoms with Gasteiger partial charge >= 0.3 is 0 Å². The highest BCUT2D eigenvalue weighted by molar-refractivity contribution is 7.89. The summed E-state index contributed by atoms with van der Waals surface area (Å²) in [7, 11) is -3.45. The molecule has 2 aromatic carbocycles. The minimum Gasteiger partial charge on any atom is -0.335 e. The van der Waals surface area contributed by atoms with E-state index in [2.05, 4.69) is 30.9 Å². The summed E-state index contributed by atoms with van der Waals surface area (Å²) in [6.45, 7) is 9.26. The molecule has 1 amide bonds. The van der Waals surface area contributed by atoms with Crippen LogP contribution in [0.5, 0.6) is 0 Å². The Balaban J connectivity index is 1.02. The van der Waals surface area contributed by atoms with E-state index < -0.39 is 10.0 Å². The van der Waals surface area contributed by atoms with Gasteiger partial charge in [-0.15, -0.1) is 0 Å². The van der Waals surface area contributed by atoms with Crippen molar-refractivity contribution >= 4 is 15.9 Å². The molecule has 0 spiro atoms. The number of amides is 1. The second kappa shape index (κ2) is 14.9. The van der Waals surface area contributed by atoms with Crippen LogP contribution in [0.4, 0.5) is 0 Å². The van der Waals surface area contributed by atoms with Crippen molar-refractivity contribution in [3.8, 4) is 6.07 Å². The zero-order valence-corrected chi connectivity index (χ0v) is 26.1. The number of aromatic nitrogens is 1. The van der Waals surface area contributed by atoms with E-state index in [4.69, 9.17) is 5.26 Å². The summed E-state index contributed by atoms with van der Waals surface area (Å²) in [5.74, 6) is -0.0446. The minimum atomic E-state index is -3.45. The van der Waals surface area contributed by atoms with Crippen molar-refractivity contribution in [2.24, 2.45) is 0 Å². The first-order valence-corrected chi connectivity index (χ1v) is 16.8. The molecule has 1 aromatic heterocycles. The summed E-state index contributed by atoms with van der Waals surface area (Å²) in [6.07, 6.45) is 3.96. The fraction of sp³-hybridized carbons (Fsp3) is 0.424.